The summed E-state index contributed by atoms with van der Waals surface area (Å²) in [6.07, 6.45) is 8.34. The molecule has 1 saturated carbocycles. The molecule has 1 aromatic carbocycles. The number of likely N-dealkylation sites (N-methyl/N-ethyl adjacent to an activating group) is 1. The lowest BCUT2D eigenvalue weighted by atomic mass is 9.89. The van der Waals surface area contributed by atoms with Crippen molar-refractivity contribution in [3.8, 4) is 0 Å². The smallest absolute Gasteiger partial charge is 0.256 e. The van der Waals surface area contributed by atoms with Gasteiger partial charge >= 0.3 is 0 Å². The van der Waals surface area contributed by atoms with Gasteiger partial charge in [0.05, 0.1) is 11.1 Å². The van der Waals surface area contributed by atoms with Crippen LogP contribution in [-0.2, 0) is 6.54 Å². The summed E-state index contributed by atoms with van der Waals surface area (Å²) in [5.41, 5.74) is 1.59. The maximum absolute atomic E-state index is 13.9. The minimum absolute atomic E-state index is 0. The van der Waals surface area contributed by atoms with E-state index < -0.39 is 0 Å². The molecule has 4 nitrogen and oxygen atoms in total. The van der Waals surface area contributed by atoms with Crippen molar-refractivity contribution in [1.29, 1.82) is 0 Å². The number of carbonyl (C=O) groups is 1. The Morgan fingerprint density at radius 2 is 1.82 bits per heavy atom. The summed E-state index contributed by atoms with van der Waals surface area (Å²) >= 11 is 0. The maximum Gasteiger partial charge on any atom is 0.256 e. The number of fused-ring (bicyclic) bond motifs is 1. The third-order valence-corrected chi connectivity index (χ3v) is 6.36. The zero-order chi connectivity index (χ0) is 18.8. The zero-order valence-corrected chi connectivity index (χ0v) is 17.5. The highest BCUT2D eigenvalue weighted by molar-refractivity contribution is 6.07. The Morgan fingerprint density at radius 1 is 1.11 bits per heavy atom. The molecule has 2 fully saturated rings. The first-order valence-electron chi connectivity index (χ1n) is 10.5. The highest BCUT2D eigenvalue weighted by atomic mass is 35.5. The molecule has 154 valence electrons. The number of piperazine rings is 1. The van der Waals surface area contributed by atoms with Gasteiger partial charge in [0.25, 0.3) is 5.91 Å². The Morgan fingerprint density at radius 3 is 2.50 bits per heavy atom. The van der Waals surface area contributed by atoms with E-state index in [9.17, 15) is 9.18 Å². The van der Waals surface area contributed by atoms with Crippen molar-refractivity contribution in [2.45, 2.75) is 45.6 Å². The topological polar surface area (TPSA) is 28.5 Å². The van der Waals surface area contributed by atoms with E-state index in [1.807, 2.05) is 11.1 Å². The van der Waals surface area contributed by atoms with Crippen LogP contribution < -0.4 is 0 Å². The first kappa shape index (κ1) is 21.1. The highest BCUT2D eigenvalue weighted by Gasteiger charge is 2.25. The molecule has 1 amide bonds. The fourth-order valence-corrected chi connectivity index (χ4v) is 4.67. The predicted molar refractivity (Wildman–Crippen MR) is 114 cm³/mol. The Balaban J connectivity index is 0.00000225. The molecule has 0 unspecified atom stereocenters. The second-order valence-corrected chi connectivity index (χ2v) is 8.09. The van der Waals surface area contributed by atoms with E-state index in [2.05, 4.69) is 16.4 Å². The van der Waals surface area contributed by atoms with Crippen LogP contribution in [0.15, 0.2) is 24.4 Å². The van der Waals surface area contributed by atoms with E-state index in [0.29, 0.717) is 5.92 Å². The van der Waals surface area contributed by atoms with Gasteiger partial charge < -0.3 is 14.4 Å². The van der Waals surface area contributed by atoms with Gasteiger partial charge in [-0.05, 0) is 43.5 Å². The fourth-order valence-electron chi connectivity index (χ4n) is 4.67. The van der Waals surface area contributed by atoms with Gasteiger partial charge in [-0.25, -0.2) is 4.39 Å². The van der Waals surface area contributed by atoms with Crippen LogP contribution in [-0.4, -0.2) is 53.0 Å². The van der Waals surface area contributed by atoms with E-state index in [-0.39, 0.29) is 24.1 Å². The highest BCUT2D eigenvalue weighted by Crippen LogP contribution is 2.29. The third kappa shape index (κ3) is 4.36. The van der Waals surface area contributed by atoms with Gasteiger partial charge in [-0.3, -0.25) is 4.79 Å². The minimum atomic E-state index is -0.235. The monoisotopic (exact) mass is 407 g/mol. The lowest BCUT2D eigenvalue weighted by molar-refractivity contribution is 0.0645. The molecule has 1 aromatic heterocycles. The predicted octanol–water partition coefficient (Wildman–Crippen LogP) is 4.56. The number of halogens is 2. The van der Waals surface area contributed by atoms with Crippen LogP contribution in [0.4, 0.5) is 4.39 Å². The molecule has 0 radical (unpaired) electrons. The molecule has 2 heterocycles. The molecular weight excluding hydrogens is 377 g/mol. The van der Waals surface area contributed by atoms with Crippen molar-refractivity contribution in [2.24, 2.45) is 5.92 Å². The number of amides is 1. The van der Waals surface area contributed by atoms with Crippen LogP contribution in [0.5, 0.6) is 0 Å². The fraction of sp³-hybridized carbons (Fsp3) is 0.591. The van der Waals surface area contributed by atoms with Crippen LogP contribution >= 0.6 is 12.4 Å². The minimum Gasteiger partial charge on any atom is -0.346 e. The molecule has 0 atom stereocenters. The first-order valence-corrected chi connectivity index (χ1v) is 10.5. The van der Waals surface area contributed by atoms with Crippen molar-refractivity contribution in [2.75, 3.05) is 32.7 Å². The lowest BCUT2D eigenvalue weighted by Gasteiger charge is -2.34. The summed E-state index contributed by atoms with van der Waals surface area (Å²) in [6, 6.07) is 4.83. The van der Waals surface area contributed by atoms with Crippen molar-refractivity contribution in [3.05, 3.63) is 35.8 Å². The number of hydrogen-bond donors (Lipinski definition) is 0. The van der Waals surface area contributed by atoms with Crippen molar-refractivity contribution in [3.63, 3.8) is 0 Å². The number of hydrogen-bond acceptors (Lipinski definition) is 2. The van der Waals surface area contributed by atoms with Crippen LogP contribution in [0.3, 0.4) is 0 Å². The Hall–Kier alpha value is -1.59. The molecule has 1 saturated heterocycles. The van der Waals surface area contributed by atoms with Gasteiger partial charge in [0, 0.05) is 44.3 Å². The quantitative estimate of drug-likeness (QED) is 0.743. The maximum atomic E-state index is 13.9. The normalized spacial score (nSPS) is 19.0. The lowest BCUT2D eigenvalue weighted by Crippen LogP contribution is -2.48. The summed E-state index contributed by atoms with van der Waals surface area (Å²) in [5, 5.41) is 0.884. The third-order valence-electron chi connectivity index (χ3n) is 6.36. The summed E-state index contributed by atoms with van der Waals surface area (Å²) in [6.45, 7) is 7.46. The largest absolute Gasteiger partial charge is 0.346 e. The molecule has 1 aliphatic carbocycles. The number of rotatable bonds is 4. The van der Waals surface area contributed by atoms with Crippen molar-refractivity contribution < 1.29 is 9.18 Å². The van der Waals surface area contributed by atoms with Gasteiger partial charge in [-0.15, -0.1) is 12.4 Å². The molecule has 2 aliphatic rings. The molecule has 1 aliphatic heterocycles. The van der Waals surface area contributed by atoms with Gasteiger partial charge in [-0.2, -0.15) is 0 Å². The standard InChI is InChI=1S/C22H30FN3O.ClH/c1-2-24-10-12-25(13-11-24)22(27)20-16-26(15-17-6-4-3-5-7-17)21-14-18(23)8-9-19(20)21;/h8-9,14,16-17H,2-7,10-13,15H2,1H3;1H. The Bertz CT molecular complexity index is 807. The van der Waals surface area contributed by atoms with E-state index in [1.165, 1.54) is 38.2 Å². The molecule has 0 N–H and O–H groups in total. The summed E-state index contributed by atoms with van der Waals surface area (Å²) in [7, 11) is 0. The summed E-state index contributed by atoms with van der Waals surface area (Å²) in [4.78, 5) is 17.5. The van der Waals surface area contributed by atoms with Crippen LogP contribution in [0.2, 0.25) is 0 Å². The second-order valence-electron chi connectivity index (χ2n) is 8.09. The van der Waals surface area contributed by atoms with Crippen molar-refractivity contribution >= 4 is 29.2 Å². The number of nitrogens with zero attached hydrogens (tertiary/aromatic N) is 3. The van der Waals surface area contributed by atoms with Gasteiger partial charge in [0.2, 0.25) is 0 Å². The molecule has 0 bridgehead atoms. The molecule has 28 heavy (non-hydrogen) atoms. The Labute approximate surface area is 173 Å². The molecule has 0 spiro atoms. The zero-order valence-electron chi connectivity index (χ0n) is 16.7. The van der Waals surface area contributed by atoms with E-state index in [1.54, 1.807) is 12.1 Å². The Kier molecular flexibility index (Phi) is 7.00. The summed E-state index contributed by atoms with van der Waals surface area (Å²) < 4.78 is 16.1. The second kappa shape index (κ2) is 9.27. The van der Waals surface area contributed by atoms with Crippen LogP contribution in [0, 0.1) is 11.7 Å². The molecular formula is C22H31ClFN3O. The van der Waals surface area contributed by atoms with Gasteiger partial charge in [0.1, 0.15) is 5.82 Å². The van der Waals surface area contributed by atoms with Crippen LogP contribution in [0.25, 0.3) is 10.9 Å². The average Bonchev–Trinajstić information content (AvgIpc) is 3.06. The molecule has 4 rings (SSSR count). The first-order chi connectivity index (χ1) is 13.2. The van der Waals surface area contributed by atoms with Gasteiger partial charge in [-0.1, -0.05) is 26.2 Å². The molecule has 6 heteroatoms. The number of carbonyl (C=O) groups excluding carboxylic acids is 1. The van der Waals surface area contributed by atoms with Crippen LogP contribution in [0.1, 0.15) is 49.4 Å². The average molecular weight is 408 g/mol. The SMILES string of the molecule is CCN1CCN(C(=O)c2cn(CC3CCCCC3)c3cc(F)ccc23)CC1.Cl. The van der Waals surface area contributed by atoms with Gasteiger partial charge in [0.15, 0.2) is 0 Å². The van der Waals surface area contributed by atoms with Crippen molar-refractivity contribution in [1.82, 2.24) is 14.4 Å². The number of aromatic nitrogens is 1. The van der Waals surface area contributed by atoms with E-state index in [4.69, 9.17) is 0 Å². The summed E-state index contributed by atoms with van der Waals surface area (Å²) in [5.74, 6) is 0.486. The van der Waals surface area contributed by atoms with E-state index >= 15 is 0 Å². The number of benzene rings is 1. The molecule has 2 aromatic rings. The van der Waals surface area contributed by atoms with E-state index in [0.717, 1.165) is 55.7 Å².